The number of amides is 2. The number of rotatable bonds is 7. The van der Waals surface area contributed by atoms with Crippen LogP contribution in [0.3, 0.4) is 0 Å². The van der Waals surface area contributed by atoms with Crippen molar-refractivity contribution in [2.45, 2.75) is 6.54 Å². The molecule has 1 N–H and O–H groups in total. The summed E-state index contributed by atoms with van der Waals surface area (Å²) < 4.78 is 7.28. The lowest BCUT2D eigenvalue weighted by atomic mass is 10.3. The van der Waals surface area contributed by atoms with Crippen molar-refractivity contribution in [3.63, 3.8) is 0 Å². The Bertz CT molecular complexity index is 804. The van der Waals surface area contributed by atoms with Gasteiger partial charge in [-0.2, -0.15) is 5.10 Å². The van der Waals surface area contributed by atoms with Crippen molar-refractivity contribution in [2.75, 3.05) is 20.2 Å². The fraction of sp³-hybridized carbons (Fsp3) is 0.211. The summed E-state index contributed by atoms with van der Waals surface area (Å²) in [5.74, 6) is 1.53. The van der Waals surface area contributed by atoms with Crippen molar-refractivity contribution in [1.29, 1.82) is 0 Å². The van der Waals surface area contributed by atoms with E-state index in [1.165, 1.54) is 0 Å². The first kappa shape index (κ1) is 17.5. The number of nitrogens with zero attached hydrogens (tertiary/aromatic N) is 4. The Morgan fingerprint density at radius 1 is 1.19 bits per heavy atom. The minimum atomic E-state index is -0.155. The number of aromatic nitrogens is 3. The van der Waals surface area contributed by atoms with Gasteiger partial charge in [0.25, 0.3) is 0 Å². The second-order valence-electron chi connectivity index (χ2n) is 5.72. The molecule has 2 amide bonds. The molecule has 0 aliphatic carbocycles. The number of pyridine rings is 1. The highest BCUT2D eigenvalue weighted by Crippen LogP contribution is 2.08. The molecule has 3 rings (SSSR count). The minimum absolute atomic E-state index is 0.155. The van der Waals surface area contributed by atoms with Gasteiger partial charge in [-0.15, -0.1) is 0 Å². The summed E-state index contributed by atoms with van der Waals surface area (Å²) in [6, 6.07) is 15.0. The van der Waals surface area contributed by atoms with E-state index in [0.717, 1.165) is 17.1 Å². The molecule has 3 aromatic rings. The summed E-state index contributed by atoms with van der Waals surface area (Å²) in [5, 5.41) is 7.00. The lowest BCUT2D eigenvalue weighted by Crippen LogP contribution is -2.39. The number of benzene rings is 1. The molecule has 0 atom stereocenters. The highest BCUT2D eigenvalue weighted by atomic mass is 16.5. The molecule has 2 aromatic heterocycles. The Labute approximate surface area is 152 Å². The van der Waals surface area contributed by atoms with Gasteiger partial charge in [-0.3, -0.25) is 0 Å². The summed E-state index contributed by atoms with van der Waals surface area (Å²) >= 11 is 0. The highest BCUT2D eigenvalue weighted by molar-refractivity contribution is 5.73. The number of nitrogens with one attached hydrogen (secondary N) is 1. The van der Waals surface area contributed by atoms with Gasteiger partial charge >= 0.3 is 6.03 Å². The Balaban J connectivity index is 1.41. The van der Waals surface area contributed by atoms with Crippen LogP contribution in [0.15, 0.2) is 67.1 Å². The van der Waals surface area contributed by atoms with Gasteiger partial charge in [-0.25, -0.2) is 14.5 Å². The van der Waals surface area contributed by atoms with E-state index < -0.39 is 0 Å². The molecule has 7 nitrogen and oxygen atoms in total. The maximum Gasteiger partial charge on any atom is 0.317 e. The van der Waals surface area contributed by atoms with Gasteiger partial charge in [0.2, 0.25) is 0 Å². The number of urea groups is 1. The van der Waals surface area contributed by atoms with Gasteiger partial charge in [0.05, 0.1) is 6.54 Å². The van der Waals surface area contributed by atoms with Crippen LogP contribution in [0.4, 0.5) is 4.79 Å². The molecular formula is C19H21N5O2. The normalized spacial score (nSPS) is 10.3. The molecule has 1 aromatic carbocycles. The van der Waals surface area contributed by atoms with Crippen LogP contribution in [-0.2, 0) is 6.54 Å². The SMILES string of the molecule is CN(CCOc1ccccc1)C(=O)NCc1ccc(-n2cccn2)nc1. The molecule has 26 heavy (non-hydrogen) atoms. The van der Waals surface area contributed by atoms with Crippen molar-refractivity contribution < 1.29 is 9.53 Å². The first-order valence-electron chi connectivity index (χ1n) is 8.34. The summed E-state index contributed by atoms with van der Waals surface area (Å²) in [6.07, 6.45) is 5.26. The van der Waals surface area contributed by atoms with Crippen molar-refractivity contribution in [2.24, 2.45) is 0 Å². The summed E-state index contributed by atoms with van der Waals surface area (Å²) in [4.78, 5) is 18.1. The third-order valence-corrected chi connectivity index (χ3v) is 3.78. The van der Waals surface area contributed by atoms with Gasteiger partial charge < -0.3 is 15.0 Å². The molecule has 0 bridgehead atoms. The number of carbonyl (C=O) groups is 1. The van der Waals surface area contributed by atoms with E-state index in [9.17, 15) is 4.79 Å². The van der Waals surface area contributed by atoms with Gasteiger partial charge in [-0.05, 0) is 29.8 Å². The zero-order valence-electron chi connectivity index (χ0n) is 14.6. The largest absolute Gasteiger partial charge is 0.492 e. The van der Waals surface area contributed by atoms with Gasteiger partial charge in [0.1, 0.15) is 12.4 Å². The number of para-hydroxylation sites is 1. The van der Waals surface area contributed by atoms with Crippen LogP contribution < -0.4 is 10.1 Å². The Morgan fingerprint density at radius 2 is 2.04 bits per heavy atom. The molecule has 0 spiro atoms. The maximum absolute atomic E-state index is 12.1. The molecule has 134 valence electrons. The van der Waals surface area contributed by atoms with Crippen molar-refractivity contribution in [3.05, 3.63) is 72.7 Å². The van der Waals surface area contributed by atoms with E-state index in [-0.39, 0.29) is 6.03 Å². The van der Waals surface area contributed by atoms with E-state index in [1.807, 2.05) is 54.7 Å². The fourth-order valence-corrected chi connectivity index (χ4v) is 2.29. The number of ether oxygens (including phenoxy) is 1. The smallest absolute Gasteiger partial charge is 0.317 e. The summed E-state index contributed by atoms with van der Waals surface area (Å²) in [6.45, 7) is 1.35. The standard InChI is InChI=1S/C19H21N5O2/c1-23(12-13-26-17-6-3-2-4-7-17)19(25)21-15-16-8-9-18(20-14-16)24-11-5-10-22-24/h2-11,14H,12-13,15H2,1H3,(H,21,25). The number of carbonyl (C=O) groups excluding carboxylic acids is 1. The highest BCUT2D eigenvalue weighted by Gasteiger charge is 2.08. The predicted octanol–water partition coefficient (Wildman–Crippen LogP) is 2.49. The van der Waals surface area contributed by atoms with Crippen LogP contribution in [-0.4, -0.2) is 45.9 Å². The van der Waals surface area contributed by atoms with Gasteiger partial charge in [-0.1, -0.05) is 24.3 Å². The second kappa shape index (κ2) is 8.66. The Kier molecular flexibility index (Phi) is 5.82. The van der Waals surface area contributed by atoms with Crippen molar-refractivity contribution >= 4 is 6.03 Å². The van der Waals surface area contributed by atoms with Crippen molar-refractivity contribution in [1.82, 2.24) is 25.0 Å². The third-order valence-electron chi connectivity index (χ3n) is 3.78. The van der Waals surface area contributed by atoms with Crippen LogP contribution in [0.2, 0.25) is 0 Å². The second-order valence-corrected chi connectivity index (χ2v) is 5.72. The molecule has 2 heterocycles. The lowest BCUT2D eigenvalue weighted by Gasteiger charge is -2.18. The average Bonchev–Trinajstić information content (AvgIpc) is 3.22. The predicted molar refractivity (Wildman–Crippen MR) is 98.2 cm³/mol. The zero-order chi connectivity index (χ0) is 18.2. The lowest BCUT2D eigenvalue weighted by molar-refractivity contribution is 0.195. The van der Waals surface area contributed by atoms with Gasteiger partial charge in [0.15, 0.2) is 5.82 Å². The van der Waals surface area contributed by atoms with Crippen LogP contribution in [0, 0.1) is 0 Å². The minimum Gasteiger partial charge on any atom is -0.492 e. The average molecular weight is 351 g/mol. The van der Waals surface area contributed by atoms with Crippen LogP contribution in [0.25, 0.3) is 5.82 Å². The van der Waals surface area contributed by atoms with Crippen LogP contribution >= 0.6 is 0 Å². The number of hydrogen-bond acceptors (Lipinski definition) is 4. The molecule has 0 saturated heterocycles. The Morgan fingerprint density at radius 3 is 2.73 bits per heavy atom. The first-order chi connectivity index (χ1) is 12.7. The monoisotopic (exact) mass is 351 g/mol. The third kappa shape index (κ3) is 4.83. The molecule has 0 unspecified atom stereocenters. The molecule has 7 heteroatoms. The summed E-state index contributed by atoms with van der Waals surface area (Å²) in [7, 11) is 1.74. The first-order valence-corrected chi connectivity index (χ1v) is 8.34. The molecule has 0 aliphatic rings. The number of hydrogen-bond donors (Lipinski definition) is 1. The zero-order valence-corrected chi connectivity index (χ0v) is 14.6. The number of likely N-dealkylation sites (N-methyl/N-ethyl adjacent to an activating group) is 1. The molecule has 0 aliphatic heterocycles. The van der Waals surface area contributed by atoms with Gasteiger partial charge in [0, 0.05) is 32.2 Å². The topological polar surface area (TPSA) is 72.3 Å². The Hall–Kier alpha value is -3.35. The van der Waals surface area contributed by atoms with Crippen molar-refractivity contribution in [3.8, 4) is 11.6 Å². The van der Waals surface area contributed by atoms with E-state index in [0.29, 0.717) is 19.7 Å². The molecule has 0 radical (unpaired) electrons. The molecular weight excluding hydrogens is 330 g/mol. The molecule has 0 fully saturated rings. The summed E-state index contributed by atoms with van der Waals surface area (Å²) in [5.41, 5.74) is 0.920. The van der Waals surface area contributed by atoms with E-state index in [4.69, 9.17) is 4.74 Å². The van der Waals surface area contributed by atoms with E-state index >= 15 is 0 Å². The fourth-order valence-electron chi connectivity index (χ4n) is 2.29. The van der Waals surface area contributed by atoms with E-state index in [2.05, 4.69) is 15.4 Å². The van der Waals surface area contributed by atoms with E-state index in [1.54, 1.807) is 29.0 Å². The van der Waals surface area contributed by atoms with Crippen LogP contribution in [0.5, 0.6) is 5.75 Å². The quantitative estimate of drug-likeness (QED) is 0.710. The maximum atomic E-state index is 12.1. The molecule has 0 saturated carbocycles. The van der Waals surface area contributed by atoms with Crippen LogP contribution in [0.1, 0.15) is 5.56 Å².